The van der Waals surface area contributed by atoms with Crippen molar-refractivity contribution in [2.75, 3.05) is 7.11 Å². The van der Waals surface area contributed by atoms with Crippen LogP contribution in [0.1, 0.15) is 5.56 Å². The van der Waals surface area contributed by atoms with E-state index in [1.807, 2.05) is 24.3 Å². The SMILES string of the molecule is COc1ccc(CC=CO)cc1. The average Bonchev–Trinajstić information content (AvgIpc) is 2.15. The molecule has 0 aliphatic rings. The van der Waals surface area contributed by atoms with E-state index in [1.165, 1.54) is 0 Å². The summed E-state index contributed by atoms with van der Waals surface area (Å²) in [5.41, 5.74) is 1.15. The molecule has 0 radical (unpaired) electrons. The molecule has 0 aromatic heterocycles. The number of aliphatic hydroxyl groups is 1. The molecule has 0 spiro atoms. The Morgan fingerprint density at radius 2 is 2.00 bits per heavy atom. The summed E-state index contributed by atoms with van der Waals surface area (Å²) >= 11 is 0. The standard InChI is InChI=1S/C10H12O2/c1-12-10-6-4-9(5-7-10)3-2-8-11/h2,4-8,11H,3H2,1H3. The molecule has 0 fully saturated rings. The van der Waals surface area contributed by atoms with Crippen LogP contribution in [0.3, 0.4) is 0 Å². The van der Waals surface area contributed by atoms with Crippen LogP contribution in [0.5, 0.6) is 5.75 Å². The second kappa shape index (κ2) is 4.44. The third kappa shape index (κ3) is 2.31. The topological polar surface area (TPSA) is 29.5 Å². The molecule has 0 bridgehead atoms. The van der Waals surface area contributed by atoms with Gasteiger partial charge in [0.15, 0.2) is 0 Å². The third-order valence-electron chi connectivity index (χ3n) is 1.62. The first kappa shape index (κ1) is 8.65. The molecule has 0 atom stereocenters. The van der Waals surface area contributed by atoms with E-state index in [9.17, 15) is 0 Å². The van der Waals surface area contributed by atoms with Gasteiger partial charge >= 0.3 is 0 Å². The van der Waals surface area contributed by atoms with Crippen LogP contribution in [0.2, 0.25) is 0 Å². The monoisotopic (exact) mass is 164 g/mol. The minimum atomic E-state index is 0.750. The van der Waals surface area contributed by atoms with Crippen molar-refractivity contribution in [3.63, 3.8) is 0 Å². The van der Waals surface area contributed by atoms with Crippen molar-refractivity contribution in [1.29, 1.82) is 0 Å². The zero-order valence-corrected chi connectivity index (χ0v) is 7.03. The molecule has 0 aliphatic carbocycles. The lowest BCUT2D eigenvalue weighted by molar-refractivity contribution is 0.414. The van der Waals surface area contributed by atoms with Crippen LogP contribution in [-0.2, 0) is 6.42 Å². The van der Waals surface area contributed by atoms with Crippen LogP contribution < -0.4 is 4.74 Å². The highest BCUT2D eigenvalue weighted by Crippen LogP contribution is 2.11. The second-order valence-electron chi connectivity index (χ2n) is 2.44. The van der Waals surface area contributed by atoms with Crippen molar-refractivity contribution in [3.8, 4) is 5.75 Å². The van der Waals surface area contributed by atoms with Crippen LogP contribution in [0.15, 0.2) is 36.6 Å². The quantitative estimate of drug-likeness (QED) is 0.694. The lowest BCUT2D eigenvalue weighted by Gasteiger charge is -1.99. The van der Waals surface area contributed by atoms with E-state index >= 15 is 0 Å². The molecule has 12 heavy (non-hydrogen) atoms. The summed E-state index contributed by atoms with van der Waals surface area (Å²) in [6, 6.07) is 7.75. The summed E-state index contributed by atoms with van der Waals surface area (Å²) in [6.07, 6.45) is 3.51. The first-order valence-corrected chi connectivity index (χ1v) is 3.79. The maximum atomic E-state index is 8.42. The van der Waals surface area contributed by atoms with E-state index in [0.717, 1.165) is 24.0 Å². The van der Waals surface area contributed by atoms with Gasteiger partial charge in [0.1, 0.15) is 5.75 Å². The number of allylic oxidation sites excluding steroid dienone is 1. The van der Waals surface area contributed by atoms with Gasteiger partial charge in [0.2, 0.25) is 0 Å². The van der Waals surface area contributed by atoms with Crippen molar-refractivity contribution in [2.24, 2.45) is 0 Å². The summed E-state index contributed by atoms with van der Waals surface area (Å²) in [5, 5.41) is 8.42. The van der Waals surface area contributed by atoms with E-state index < -0.39 is 0 Å². The van der Waals surface area contributed by atoms with Crippen LogP contribution in [-0.4, -0.2) is 12.2 Å². The minimum absolute atomic E-state index is 0.750. The molecule has 0 saturated carbocycles. The minimum Gasteiger partial charge on any atom is -0.516 e. The molecule has 0 aliphatic heterocycles. The summed E-state index contributed by atoms with van der Waals surface area (Å²) < 4.78 is 5.01. The molecule has 0 unspecified atom stereocenters. The van der Waals surface area contributed by atoms with E-state index in [2.05, 4.69) is 0 Å². The highest BCUT2D eigenvalue weighted by atomic mass is 16.5. The third-order valence-corrected chi connectivity index (χ3v) is 1.62. The van der Waals surface area contributed by atoms with E-state index in [1.54, 1.807) is 13.2 Å². The molecule has 1 N–H and O–H groups in total. The Balaban J connectivity index is 2.64. The Bertz CT molecular complexity index is 249. The summed E-state index contributed by atoms with van der Waals surface area (Å²) in [5.74, 6) is 0.853. The average molecular weight is 164 g/mol. The highest BCUT2D eigenvalue weighted by molar-refractivity contribution is 5.28. The van der Waals surface area contributed by atoms with E-state index in [-0.39, 0.29) is 0 Å². The highest BCUT2D eigenvalue weighted by Gasteiger charge is 1.90. The number of hydrogen-bond donors (Lipinski definition) is 1. The van der Waals surface area contributed by atoms with Gasteiger partial charge in [-0.25, -0.2) is 0 Å². The zero-order valence-electron chi connectivity index (χ0n) is 7.03. The van der Waals surface area contributed by atoms with Gasteiger partial charge in [-0.3, -0.25) is 0 Å². The maximum Gasteiger partial charge on any atom is 0.118 e. The van der Waals surface area contributed by atoms with E-state index in [0.29, 0.717) is 0 Å². The van der Waals surface area contributed by atoms with Gasteiger partial charge in [0, 0.05) is 0 Å². The Kier molecular flexibility index (Phi) is 3.20. The Morgan fingerprint density at radius 1 is 1.33 bits per heavy atom. The van der Waals surface area contributed by atoms with Crippen LogP contribution in [0, 0.1) is 0 Å². The van der Waals surface area contributed by atoms with Gasteiger partial charge in [-0.15, -0.1) is 0 Å². The van der Waals surface area contributed by atoms with Gasteiger partial charge < -0.3 is 9.84 Å². The predicted molar refractivity (Wildman–Crippen MR) is 48.5 cm³/mol. The number of rotatable bonds is 3. The molecule has 0 amide bonds. The number of hydrogen-bond acceptors (Lipinski definition) is 2. The second-order valence-corrected chi connectivity index (χ2v) is 2.44. The van der Waals surface area contributed by atoms with Gasteiger partial charge in [0.25, 0.3) is 0 Å². The Hall–Kier alpha value is -1.44. The number of ether oxygens (including phenoxy) is 1. The largest absolute Gasteiger partial charge is 0.516 e. The Morgan fingerprint density at radius 3 is 2.50 bits per heavy atom. The van der Waals surface area contributed by atoms with Crippen molar-refractivity contribution >= 4 is 0 Å². The smallest absolute Gasteiger partial charge is 0.118 e. The molecule has 2 heteroatoms. The van der Waals surface area contributed by atoms with Gasteiger partial charge in [-0.1, -0.05) is 12.1 Å². The fourth-order valence-corrected chi connectivity index (χ4v) is 0.950. The molecule has 0 saturated heterocycles. The number of aliphatic hydroxyl groups excluding tert-OH is 1. The number of methoxy groups -OCH3 is 1. The molecular weight excluding hydrogens is 152 g/mol. The van der Waals surface area contributed by atoms with Crippen molar-refractivity contribution < 1.29 is 9.84 Å². The van der Waals surface area contributed by atoms with Crippen molar-refractivity contribution in [1.82, 2.24) is 0 Å². The van der Waals surface area contributed by atoms with Crippen molar-refractivity contribution in [3.05, 3.63) is 42.2 Å². The normalized spacial score (nSPS) is 10.4. The van der Waals surface area contributed by atoms with Gasteiger partial charge in [-0.05, 0) is 30.2 Å². The first-order chi connectivity index (χ1) is 5.86. The zero-order chi connectivity index (χ0) is 8.81. The first-order valence-electron chi connectivity index (χ1n) is 3.79. The van der Waals surface area contributed by atoms with Crippen LogP contribution >= 0.6 is 0 Å². The molecule has 64 valence electrons. The number of benzene rings is 1. The predicted octanol–water partition coefficient (Wildman–Crippen LogP) is 2.31. The molecule has 0 heterocycles. The van der Waals surface area contributed by atoms with Gasteiger partial charge in [-0.2, -0.15) is 0 Å². The lowest BCUT2D eigenvalue weighted by atomic mass is 10.1. The van der Waals surface area contributed by atoms with Crippen molar-refractivity contribution in [2.45, 2.75) is 6.42 Å². The van der Waals surface area contributed by atoms with Crippen LogP contribution in [0.25, 0.3) is 0 Å². The van der Waals surface area contributed by atoms with Gasteiger partial charge in [0.05, 0.1) is 13.4 Å². The fourth-order valence-electron chi connectivity index (χ4n) is 0.950. The van der Waals surface area contributed by atoms with E-state index in [4.69, 9.17) is 9.84 Å². The summed E-state index contributed by atoms with van der Waals surface area (Å²) in [4.78, 5) is 0. The Labute approximate surface area is 72.1 Å². The molecule has 1 rings (SSSR count). The molecular formula is C10H12O2. The molecule has 2 nitrogen and oxygen atoms in total. The summed E-state index contributed by atoms with van der Waals surface area (Å²) in [7, 11) is 1.64. The fraction of sp³-hybridized carbons (Fsp3) is 0.200. The lowest BCUT2D eigenvalue weighted by Crippen LogP contribution is -1.84. The van der Waals surface area contributed by atoms with Crippen LogP contribution in [0.4, 0.5) is 0 Å². The molecule has 1 aromatic carbocycles. The molecule has 1 aromatic rings. The maximum absolute atomic E-state index is 8.42. The summed E-state index contributed by atoms with van der Waals surface area (Å²) in [6.45, 7) is 0.